The summed E-state index contributed by atoms with van der Waals surface area (Å²) in [5.41, 5.74) is 0. The maximum absolute atomic E-state index is 12.2. The molecule has 1 aliphatic heterocycles. The Morgan fingerprint density at radius 2 is 2.32 bits per heavy atom. The monoisotopic (exact) mass is 304 g/mol. The topological polar surface area (TPSA) is 71.3 Å². The fourth-order valence-electron chi connectivity index (χ4n) is 2.14. The van der Waals surface area contributed by atoms with Gasteiger partial charge in [0, 0.05) is 17.9 Å². The summed E-state index contributed by atoms with van der Waals surface area (Å²) in [6.07, 6.45) is 2.26. The molecule has 1 aromatic heterocycles. The first-order chi connectivity index (χ1) is 9.03. The highest BCUT2D eigenvalue weighted by molar-refractivity contribution is 8.00. The number of furan rings is 1. The largest absolute Gasteiger partial charge is 0.464 e. The molecule has 108 valence electrons. The molecule has 0 aromatic carbocycles. The fraction of sp³-hybridized carbons (Fsp3) is 0.667. The van der Waals surface area contributed by atoms with E-state index in [4.69, 9.17) is 4.42 Å². The van der Waals surface area contributed by atoms with Crippen LogP contribution in [0, 0.1) is 6.92 Å². The first-order valence-electron chi connectivity index (χ1n) is 6.38. The molecule has 1 fully saturated rings. The van der Waals surface area contributed by atoms with E-state index < -0.39 is 10.0 Å². The van der Waals surface area contributed by atoms with Gasteiger partial charge in [0.25, 0.3) is 0 Å². The summed E-state index contributed by atoms with van der Waals surface area (Å²) in [7, 11) is -1.67. The molecule has 0 aliphatic carbocycles. The van der Waals surface area contributed by atoms with Crippen LogP contribution in [0.5, 0.6) is 0 Å². The molecular formula is C12H20N2O3S2. The first kappa shape index (κ1) is 14.9. The molecule has 7 heteroatoms. The zero-order chi connectivity index (χ0) is 13.9. The van der Waals surface area contributed by atoms with E-state index in [1.807, 2.05) is 11.8 Å². The highest BCUT2D eigenvalue weighted by atomic mass is 32.2. The Kier molecular flexibility index (Phi) is 4.94. The molecule has 0 amide bonds. The van der Waals surface area contributed by atoms with Crippen molar-refractivity contribution < 1.29 is 12.8 Å². The highest BCUT2D eigenvalue weighted by Gasteiger charge is 2.23. The molecule has 1 unspecified atom stereocenters. The molecule has 19 heavy (non-hydrogen) atoms. The van der Waals surface area contributed by atoms with Gasteiger partial charge in [-0.15, -0.1) is 0 Å². The van der Waals surface area contributed by atoms with E-state index in [-0.39, 0.29) is 4.90 Å². The van der Waals surface area contributed by atoms with E-state index in [0.29, 0.717) is 29.9 Å². The lowest BCUT2D eigenvalue weighted by Crippen LogP contribution is -2.30. The molecule has 1 aromatic rings. The van der Waals surface area contributed by atoms with E-state index >= 15 is 0 Å². The minimum absolute atomic E-state index is 0.251. The van der Waals surface area contributed by atoms with Gasteiger partial charge in [-0.3, -0.25) is 0 Å². The van der Waals surface area contributed by atoms with Gasteiger partial charge in [0.05, 0.1) is 6.54 Å². The van der Waals surface area contributed by atoms with Crippen molar-refractivity contribution in [2.75, 3.05) is 19.3 Å². The van der Waals surface area contributed by atoms with Gasteiger partial charge < -0.3 is 9.73 Å². The van der Waals surface area contributed by atoms with Crippen molar-refractivity contribution >= 4 is 21.8 Å². The van der Waals surface area contributed by atoms with Crippen LogP contribution in [0.1, 0.15) is 24.4 Å². The van der Waals surface area contributed by atoms with Crippen molar-refractivity contribution in [3.05, 3.63) is 17.6 Å². The lowest BCUT2D eigenvalue weighted by Gasteiger charge is -2.10. The second-order valence-corrected chi connectivity index (χ2v) is 7.79. The van der Waals surface area contributed by atoms with Gasteiger partial charge in [0.15, 0.2) is 0 Å². The van der Waals surface area contributed by atoms with Crippen LogP contribution in [0.4, 0.5) is 0 Å². The van der Waals surface area contributed by atoms with Crippen LogP contribution in [-0.4, -0.2) is 33.0 Å². The van der Waals surface area contributed by atoms with Crippen LogP contribution in [0.25, 0.3) is 0 Å². The molecule has 5 nitrogen and oxygen atoms in total. The third kappa shape index (κ3) is 3.75. The molecular weight excluding hydrogens is 284 g/mol. The number of thioether (sulfide) groups is 1. The maximum Gasteiger partial charge on any atom is 0.244 e. The average molecular weight is 304 g/mol. The predicted octanol–water partition coefficient (Wildman–Crippen LogP) is 1.48. The lowest BCUT2D eigenvalue weighted by atomic mass is 10.2. The molecule has 1 atom stereocenters. The van der Waals surface area contributed by atoms with Crippen molar-refractivity contribution in [1.82, 2.24) is 10.0 Å². The molecule has 0 bridgehead atoms. The van der Waals surface area contributed by atoms with Gasteiger partial charge in [0.2, 0.25) is 10.0 Å². The molecule has 2 heterocycles. The number of sulfonamides is 1. The standard InChI is InChI=1S/C12H20N2O3S2/c1-9-12(6-10(17-9)7-13-2)19(15,16)14-8-11-4-3-5-18-11/h6,11,13-14H,3-5,7-8H2,1-2H3. The number of hydrogen-bond acceptors (Lipinski definition) is 5. The molecule has 0 radical (unpaired) electrons. The second kappa shape index (κ2) is 6.30. The molecule has 2 N–H and O–H groups in total. The minimum Gasteiger partial charge on any atom is -0.464 e. The smallest absolute Gasteiger partial charge is 0.244 e. The predicted molar refractivity (Wildman–Crippen MR) is 76.9 cm³/mol. The fourth-order valence-corrected chi connectivity index (χ4v) is 4.73. The summed E-state index contributed by atoms with van der Waals surface area (Å²) in [6.45, 7) is 2.70. The van der Waals surface area contributed by atoms with Crippen molar-refractivity contribution in [2.45, 2.75) is 36.5 Å². The van der Waals surface area contributed by atoms with Crippen LogP contribution in [0.2, 0.25) is 0 Å². The van der Waals surface area contributed by atoms with Gasteiger partial charge >= 0.3 is 0 Å². The summed E-state index contributed by atoms with van der Waals surface area (Å²) in [6, 6.07) is 1.59. The summed E-state index contributed by atoms with van der Waals surface area (Å²) < 4.78 is 32.6. The van der Waals surface area contributed by atoms with Crippen molar-refractivity contribution in [2.24, 2.45) is 0 Å². The normalized spacial score (nSPS) is 20.0. The highest BCUT2D eigenvalue weighted by Crippen LogP contribution is 2.26. The van der Waals surface area contributed by atoms with Gasteiger partial charge in [-0.05, 0) is 32.6 Å². The molecule has 1 aliphatic rings. The molecule has 1 saturated heterocycles. The summed E-state index contributed by atoms with van der Waals surface area (Å²) in [4.78, 5) is 0.251. The number of hydrogen-bond donors (Lipinski definition) is 2. The number of nitrogens with one attached hydrogen (secondary N) is 2. The second-order valence-electron chi connectivity index (χ2n) is 4.65. The summed E-state index contributed by atoms with van der Waals surface area (Å²) in [5.74, 6) is 2.20. The van der Waals surface area contributed by atoms with Crippen molar-refractivity contribution in [3.8, 4) is 0 Å². The average Bonchev–Trinajstić information content (AvgIpc) is 2.97. The van der Waals surface area contributed by atoms with Crippen molar-refractivity contribution in [1.29, 1.82) is 0 Å². The van der Waals surface area contributed by atoms with E-state index in [2.05, 4.69) is 10.0 Å². The van der Waals surface area contributed by atoms with E-state index in [0.717, 1.165) is 12.2 Å². The Hall–Kier alpha value is -0.500. The quantitative estimate of drug-likeness (QED) is 0.833. The molecule has 0 saturated carbocycles. The van der Waals surface area contributed by atoms with E-state index in [1.54, 1.807) is 20.0 Å². The Morgan fingerprint density at radius 1 is 1.53 bits per heavy atom. The summed E-state index contributed by atoms with van der Waals surface area (Å²) in [5, 5.41) is 3.34. The third-order valence-electron chi connectivity index (χ3n) is 3.09. The number of rotatable bonds is 6. The van der Waals surface area contributed by atoms with Crippen molar-refractivity contribution in [3.63, 3.8) is 0 Å². The van der Waals surface area contributed by atoms with Crippen LogP contribution < -0.4 is 10.0 Å². The molecule has 2 rings (SSSR count). The lowest BCUT2D eigenvalue weighted by molar-refractivity contribution is 0.465. The van der Waals surface area contributed by atoms with Crippen LogP contribution in [-0.2, 0) is 16.6 Å². The Bertz CT molecular complexity index is 519. The zero-order valence-electron chi connectivity index (χ0n) is 11.2. The van der Waals surface area contributed by atoms with E-state index in [1.165, 1.54) is 6.42 Å². The SMILES string of the molecule is CNCc1cc(S(=O)(=O)NCC2CCCS2)c(C)o1. The third-order valence-corrected chi connectivity index (χ3v) is 6.02. The van der Waals surface area contributed by atoms with E-state index in [9.17, 15) is 8.42 Å². The summed E-state index contributed by atoms with van der Waals surface area (Å²) >= 11 is 1.84. The zero-order valence-corrected chi connectivity index (χ0v) is 12.9. The number of aryl methyl sites for hydroxylation is 1. The minimum atomic E-state index is -3.46. The van der Waals surface area contributed by atoms with Gasteiger partial charge in [0.1, 0.15) is 16.4 Å². The van der Waals surface area contributed by atoms with Crippen LogP contribution >= 0.6 is 11.8 Å². The van der Waals surface area contributed by atoms with Gasteiger partial charge in [-0.2, -0.15) is 11.8 Å². The molecule has 0 spiro atoms. The van der Waals surface area contributed by atoms with Crippen LogP contribution in [0.3, 0.4) is 0 Å². The maximum atomic E-state index is 12.2. The first-order valence-corrected chi connectivity index (χ1v) is 8.91. The van der Waals surface area contributed by atoms with Gasteiger partial charge in [-0.25, -0.2) is 13.1 Å². The Labute approximate surface area is 118 Å². The Morgan fingerprint density at radius 3 is 2.95 bits per heavy atom. The van der Waals surface area contributed by atoms with Crippen LogP contribution in [0.15, 0.2) is 15.4 Å². The van der Waals surface area contributed by atoms with Gasteiger partial charge in [-0.1, -0.05) is 0 Å². The Balaban J connectivity index is 2.05.